The minimum absolute atomic E-state index is 0.0642. The predicted molar refractivity (Wildman–Crippen MR) is 114 cm³/mol. The van der Waals surface area contributed by atoms with Gasteiger partial charge in [-0.05, 0) is 59.7 Å². The van der Waals surface area contributed by atoms with Crippen LogP contribution in [-0.2, 0) is 0 Å². The fraction of sp³-hybridized carbons (Fsp3) is 0.227. The molecule has 0 fully saturated rings. The number of nitrogens with one attached hydrogen (secondary N) is 1. The summed E-state index contributed by atoms with van der Waals surface area (Å²) in [6.45, 7) is 4.21. The van der Waals surface area contributed by atoms with Gasteiger partial charge in [-0.25, -0.2) is 4.39 Å². The maximum absolute atomic E-state index is 14.9. The highest BCUT2D eigenvalue weighted by Gasteiger charge is 2.20. The summed E-state index contributed by atoms with van der Waals surface area (Å²) in [5.74, 6) is 0.284. The van der Waals surface area contributed by atoms with Gasteiger partial charge in [-0.1, -0.05) is 19.1 Å². The number of rotatable bonds is 4. The van der Waals surface area contributed by atoms with Gasteiger partial charge in [-0.3, -0.25) is 4.79 Å². The van der Waals surface area contributed by atoms with E-state index in [0.29, 0.717) is 28.1 Å². The molecule has 1 atom stereocenters. The van der Waals surface area contributed by atoms with E-state index in [1.165, 1.54) is 17.4 Å². The van der Waals surface area contributed by atoms with Crippen LogP contribution in [0.3, 0.4) is 0 Å². The molecule has 2 aromatic heterocycles. The van der Waals surface area contributed by atoms with Gasteiger partial charge in [-0.2, -0.15) is 0 Å². The molecule has 0 aliphatic heterocycles. The fourth-order valence-electron chi connectivity index (χ4n) is 3.73. The van der Waals surface area contributed by atoms with Crippen LogP contribution < -0.4 is 16.0 Å². The number of hydrogen-bond acceptors (Lipinski definition) is 4. The molecule has 144 valence electrons. The van der Waals surface area contributed by atoms with Crippen LogP contribution in [0, 0.1) is 12.7 Å². The van der Waals surface area contributed by atoms with E-state index in [1.807, 2.05) is 37.4 Å². The van der Waals surface area contributed by atoms with Gasteiger partial charge in [0.2, 0.25) is 0 Å². The van der Waals surface area contributed by atoms with Crippen LogP contribution in [0.1, 0.15) is 24.0 Å². The number of pyridine rings is 1. The number of thiophene rings is 1. The fourth-order valence-corrected chi connectivity index (χ4v) is 4.52. The quantitative estimate of drug-likeness (QED) is 0.514. The Morgan fingerprint density at radius 2 is 2.07 bits per heavy atom. The van der Waals surface area contributed by atoms with Gasteiger partial charge >= 0.3 is 0 Å². The van der Waals surface area contributed by atoms with Crippen molar-refractivity contribution in [1.82, 2.24) is 4.98 Å². The molecule has 4 nitrogen and oxygen atoms in total. The molecule has 6 heteroatoms. The highest BCUT2D eigenvalue weighted by atomic mass is 32.1. The number of aromatic nitrogens is 1. The lowest BCUT2D eigenvalue weighted by Crippen LogP contribution is -2.10. The average molecular weight is 396 g/mol. The standard InChI is InChI=1S/C22H21FN2O2S/c1-11-8-17(27-3)18(13-4-5-14(12(2)10-24)16(23)9-13)19-15-6-7-28-21(15)22(26)25-20(11)19/h4-9,12H,10,24H2,1-3H3,(H,25,26). The molecular formula is C22H21FN2O2S. The van der Waals surface area contributed by atoms with Gasteiger partial charge in [0.1, 0.15) is 16.3 Å². The Balaban J connectivity index is 2.12. The van der Waals surface area contributed by atoms with E-state index in [1.54, 1.807) is 13.2 Å². The molecule has 0 saturated heterocycles. The minimum Gasteiger partial charge on any atom is -0.496 e. The van der Waals surface area contributed by atoms with Crippen LogP contribution in [-0.4, -0.2) is 18.6 Å². The van der Waals surface area contributed by atoms with E-state index in [4.69, 9.17) is 10.5 Å². The van der Waals surface area contributed by atoms with Gasteiger partial charge in [-0.15, -0.1) is 11.3 Å². The third-order valence-electron chi connectivity index (χ3n) is 5.26. The topological polar surface area (TPSA) is 68.1 Å². The van der Waals surface area contributed by atoms with Crippen molar-refractivity contribution in [1.29, 1.82) is 0 Å². The minimum atomic E-state index is -0.294. The first kappa shape index (κ1) is 18.7. The van der Waals surface area contributed by atoms with E-state index >= 15 is 0 Å². The van der Waals surface area contributed by atoms with Crippen LogP contribution in [0.5, 0.6) is 5.75 Å². The van der Waals surface area contributed by atoms with E-state index in [0.717, 1.165) is 27.4 Å². The number of methoxy groups -OCH3 is 1. The normalized spacial score (nSPS) is 12.6. The number of ether oxygens (including phenoxy) is 1. The highest BCUT2D eigenvalue weighted by molar-refractivity contribution is 7.17. The SMILES string of the molecule is COc1cc(C)c2[nH]c(=O)c3sccc3c2c1-c1ccc(C(C)CN)c(F)c1. The molecular weight excluding hydrogens is 375 g/mol. The van der Waals surface area contributed by atoms with Crippen LogP contribution in [0.15, 0.2) is 40.5 Å². The second kappa shape index (κ2) is 7.04. The van der Waals surface area contributed by atoms with Crippen molar-refractivity contribution in [3.63, 3.8) is 0 Å². The number of fused-ring (bicyclic) bond motifs is 3. The first-order chi connectivity index (χ1) is 13.5. The molecule has 0 aliphatic rings. The van der Waals surface area contributed by atoms with Crippen molar-refractivity contribution in [2.45, 2.75) is 19.8 Å². The van der Waals surface area contributed by atoms with Gasteiger partial charge < -0.3 is 15.5 Å². The molecule has 0 aliphatic carbocycles. The van der Waals surface area contributed by atoms with Crippen molar-refractivity contribution >= 4 is 32.3 Å². The monoisotopic (exact) mass is 396 g/mol. The zero-order valence-electron chi connectivity index (χ0n) is 15.9. The van der Waals surface area contributed by atoms with Crippen LogP contribution in [0.25, 0.3) is 32.1 Å². The third-order valence-corrected chi connectivity index (χ3v) is 6.17. The zero-order chi connectivity index (χ0) is 20.0. The van der Waals surface area contributed by atoms with Crippen LogP contribution in [0.2, 0.25) is 0 Å². The summed E-state index contributed by atoms with van der Waals surface area (Å²) in [5.41, 5.74) is 9.29. The summed E-state index contributed by atoms with van der Waals surface area (Å²) in [7, 11) is 1.60. The molecule has 0 amide bonds. The average Bonchev–Trinajstić information content (AvgIpc) is 3.18. The summed E-state index contributed by atoms with van der Waals surface area (Å²) in [4.78, 5) is 15.5. The molecule has 1 unspecified atom stereocenters. The summed E-state index contributed by atoms with van der Waals surface area (Å²) >= 11 is 1.39. The lowest BCUT2D eigenvalue weighted by atomic mass is 9.92. The van der Waals surface area contributed by atoms with E-state index in [2.05, 4.69) is 4.98 Å². The second-order valence-electron chi connectivity index (χ2n) is 7.01. The zero-order valence-corrected chi connectivity index (χ0v) is 16.7. The number of hydrogen-bond donors (Lipinski definition) is 2. The second-order valence-corrected chi connectivity index (χ2v) is 7.93. The number of aromatic amines is 1. The molecule has 0 bridgehead atoms. The summed E-state index contributed by atoms with van der Waals surface area (Å²) in [6, 6.07) is 9.00. The van der Waals surface area contributed by atoms with E-state index < -0.39 is 0 Å². The Kier molecular flexibility index (Phi) is 4.69. The number of benzene rings is 2. The summed E-state index contributed by atoms with van der Waals surface area (Å²) < 4.78 is 21.2. The first-order valence-electron chi connectivity index (χ1n) is 9.07. The maximum Gasteiger partial charge on any atom is 0.266 e. The molecule has 2 heterocycles. The first-order valence-corrected chi connectivity index (χ1v) is 9.94. The lowest BCUT2D eigenvalue weighted by Gasteiger charge is -2.17. The van der Waals surface area contributed by atoms with Crippen molar-refractivity contribution in [2.75, 3.05) is 13.7 Å². The Hall–Kier alpha value is -2.70. The molecule has 28 heavy (non-hydrogen) atoms. The van der Waals surface area contributed by atoms with Crippen molar-refractivity contribution in [3.05, 3.63) is 63.0 Å². The van der Waals surface area contributed by atoms with E-state index in [9.17, 15) is 9.18 Å². The molecule has 4 rings (SSSR count). The van der Waals surface area contributed by atoms with Gasteiger partial charge in [0.05, 0.1) is 12.6 Å². The predicted octanol–water partition coefficient (Wildman–Crippen LogP) is 4.93. The Bertz CT molecular complexity index is 1260. The maximum atomic E-state index is 14.9. The van der Waals surface area contributed by atoms with E-state index in [-0.39, 0.29) is 17.3 Å². The number of aryl methyl sites for hydroxylation is 1. The Labute approximate surface area is 165 Å². The Morgan fingerprint density at radius 1 is 1.29 bits per heavy atom. The number of nitrogens with two attached hydrogens (primary N) is 1. The largest absolute Gasteiger partial charge is 0.496 e. The number of halogens is 1. The highest BCUT2D eigenvalue weighted by Crippen LogP contribution is 2.42. The molecule has 4 aromatic rings. The lowest BCUT2D eigenvalue weighted by molar-refractivity contribution is 0.416. The molecule has 0 spiro atoms. The van der Waals surface area contributed by atoms with Crippen LogP contribution >= 0.6 is 11.3 Å². The van der Waals surface area contributed by atoms with Crippen LogP contribution in [0.4, 0.5) is 4.39 Å². The molecule has 2 aromatic carbocycles. The Morgan fingerprint density at radius 3 is 2.75 bits per heavy atom. The molecule has 0 radical (unpaired) electrons. The van der Waals surface area contributed by atoms with Crippen molar-refractivity contribution < 1.29 is 9.13 Å². The van der Waals surface area contributed by atoms with Gasteiger partial charge in [0.25, 0.3) is 5.56 Å². The summed E-state index contributed by atoms with van der Waals surface area (Å²) in [5, 5.41) is 3.61. The molecule has 0 saturated carbocycles. The molecule has 3 N–H and O–H groups in total. The van der Waals surface area contributed by atoms with Crippen molar-refractivity contribution in [3.8, 4) is 16.9 Å². The number of H-pyrrole nitrogens is 1. The van der Waals surface area contributed by atoms with Gasteiger partial charge in [0, 0.05) is 16.3 Å². The van der Waals surface area contributed by atoms with Crippen molar-refractivity contribution in [2.24, 2.45) is 5.73 Å². The third kappa shape index (κ3) is 2.80. The van der Waals surface area contributed by atoms with Gasteiger partial charge in [0.15, 0.2) is 0 Å². The smallest absolute Gasteiger partial charge is 0.266 e. The summed E-state index contributed by atoms with van der Waals surface area (Å²) in [6.07, 6.45) is 0.